The Kier molecular flexibility index (Phi) is 10.3. The summed E-state index contributed by atoms with van der Waals surface area (Å²) in [5.41, 5.74) is 6.48. The number of aromatic amines is 1. The number of nitrogens with one attached hydrogen (secondary N) is 2. The van der Waals surface area contributed by atoms with Gasteiger partial charge in [-0.15, -0.1) is 0 Å². The molecule has 3 heterocycles. The molecule has 8 nitrogen and oxygen atoms in total. The van der Waals surface area contributed by atoms with Crippen LogP contribution in [0.3, 0.4) is 0 Å². The molecule has 9 heteroatoms. The number of fused-ring (bicyclic) bond motifs is 3. The van der Waals surface area contributed by atoms with Gasteiger partial charge in [-0.2, -0.15) is 5.10 Å². The minimum absolute atomic E-state index is 0.0501. The highest BCUT2D eigenvalue weighted by atomic mass is 35.5. The first-order chi connectivity index (χ1) is 20.5. The lowest BCUT2D eigenvalue weighted by molar-refractivity contribution is -0.142. The Bertz CT molecular complexity index is 1480. The van der Waals surface area contributed by atoms with Crippen molar-refractivity contribution in [2.75, 3.05) is 32.0 Å². The lowest BCUT2D eigenvalue weighted by Crippen LogP contribution is -2.43. The van der Waals surface area contributed by atoms with Gasteiger partial charge in [0.2, 0.25) is 11.8 Å². The highest BCUT2D eigenvalue weighted by molar-refractivity contribution is 6.35. The van der Waals surface area contributed by atoms with E-state index in [1.165, 1.54) is 11.1 Å². The maximum absolute atomic E-state index is 13.9. The maximum atomic E-state index is 13.9. The summed E-state index contributed by atoms with van der Waals surface area (Å²) in [6.07, 6.45) is 6.65. The van der Waals surface area contributed by atoms with Crippen LogP contribution < -0.4 is 5.32 Å². The van der Waals surface area contributed by atoms with Crippen LogP contribution in [0.4, 0.5) is 5.69 Å². The molecule has 2 aliphatic rings. The molecule has 3 aromatic rings. The van der Waals surface area contributed by atoms with Gasteiger partial charge in [0, 0.05) is 50.7 Å². The lowest BCUT2D eigenvalue weighted by Gasteiger charge is -2.34. The van der Waals surface area contributed by atoms with Gasteiger partial charge in [-0.1, -0.05) is 62.2 Å². The van der Waals surface area contributed by atoms with E-state index in [-0.39, 0.29) is 23.7 Å². The SMILES string of the molecule is C=O.CNc1ccccc1/C=C(\C)C1CCN(C(=O)C[C@@H]2Cc3cc(Cl)c4[nH]ncc4c3CN(CC(C)(C)C)C2=O)CC1. The van der Waals surface area contributed by atoms with Gasteiger partial charge in [0.25, 0.3) is 0 Å². The van der Waals surface area contributed by atoms with Crippen LogP contribution >= 0.6 is 11.6 Å². The van der Waals surface area contributed by atoms with Crippen molar-refractivity contribution in [3.8, 4) is 0 Å². The summed E-state index contributed by atoms with van der Waals surface area (Å²) in [7, 11) is 1.94. The third-order valence-corrected chi connectivity index (χ3v) is 8.86. The van der Waals surface area contributed by atoms with E-state index in [2.05, 4.69) is 67.5 Å². The second-order valence-electron chi connectivity index (χ2n) is 12.9. The molecule has 5 rings (SSSR count). The summed E-state index contributed by atoms with van der Waals surface area (Å²) in [5, 5.41) is 12.0. The Balaban J connectivity index is 0.00000207. The molecule has 230 valence electrons. The second-order valence-corrected chi connectivity index (χ2v) is 13.3. The molecule has 0 saturated carbocycles. The zero-order valence-corrected chi connectivity index (χ0v) is 26.8. The monoisotopic (exact) mass is 605 g/mol. The van der Waals surface area contributed by atoms with Gasteiger partial charge in [-0.05, 0) is 66.3 Å². The molecule has 1 aromatic heterocycles. The van der Waals surface area contributed by atoms with E-state index < -0.39 is 5.92 Å². The number of anilines is 1. The average Bonchev–Trinajstić information content (AvgIpc) is 3.45. The Morgan fingerprint density at radius 2 is 1.91 bits per heavy atom. The maximum Gasteiger partial charge on any atom is 0.226 e. The van der Waals surface area contributed by atoms with Crippen molar-refractivity contribution < 1.29 is 14.4 Å². The minimum Gasteiger partial charge on any atom is -0.388 e. The van der Waals surface area contributed by atoms with E-state index in [0.29, 0.717) is 43.5 Å². The topological polar surface area (TPSA) is 98.4 Å². The molecule has 0 bridgehead atoms. The molecule has 2 N–H and O–H groups in total. The predicted octanol–water partition coefficient (Wildman–Crippen LogP) is 6.35. The molecule has 2 amide bonds. The Morgan fingerprint density at radius 1 is 1.21 bits per heavy atom. The number of hydrogen-bond donors (Lipinski definition) is 2. The number of allylic oxidation sites excluding steroid dienone is 1. The van der Waals surface area contributed by atoms with Gasteiger partial charge in [-0.25, -0.2) is 0 Å². The zero-order chi connectivity index (χ0) is 31.3. The van der Waals surface area contributed by atoms with Crippen molar-refractivity contribution in [2.45, 2.75) is 59.9 Å². The Morgan fingerprint density at radius 3 is 2.58 bits per heavy atom. The number of benzene rings is 2. The number of H-pyrrole nitrogens is 1. The number of carbonyl (C=O) groups is 3. The summed E-state index contributed by atoms with van der Waals surface area (Å²) in [6.45, 7) is 13.2. The highest BCUT2D eigenvalue weighted by Crippen LogP contribution is 2.36. The molecule has 0 spiro atoms. The lowest BCUT2D eigenvalue weighted by atomic mass is 9.88. The smallest absolute Gasteiger partial charge is 0.226 e. The van der Waals surface area contributed by atoms with Gasteiger partial charge < -0.3 is 19.9 Å². The van der Waals surface area contributed by atoms with Gasteiger partial charge in [-0.3, -0.25) is 14.7 Å². The van der Waals surface area contributed by atoms with E-state index in [1.54, 1.807) is 6.20 Å². The van der Waals surface area contributed by atoms with Crippen LogP contribution in [0.2, 0.25) is 5.02 Å². The normalized spacial score (nSPS) is 18.1. The van der Waals surface area contributed by atoms with E-state index in [1.807, 2.05) is 35.8 Å². The van der Waals surface area contributed by atoms with Gasteiger partial charge >= 0.3 is 0 Å². The van der Waals surface area contributed by atoms with Crippen molar-refractivity contribution >= 4 is 52.9 Å². The number of nitrogens with zero attached hydrogens (tertiary/aromatic N) is 3. The number of halogens is 1. The predicted molar refractivity (Wildman–Crippen MR) is 174 cm³/mol. The number of likely N-dealkylation sites (tertiary alicyclic amines) is 1. The zero-order valence-electron chi connectivity index (χ0n) is 26.0. The quantitative estimate of drug-likeness (QED) is 0.341. The number of rotatable bonds is 6. The van der Waals surface area contributed by atoms with Crippen molar-refractivity contribution in [1.29, 1.82) is 0 Å². The van der Waals surface area contributed by atoms with Crippen LogP contribution in [-0.4, -0.2) is 65.3 Å². The van der Waals surface area contributed by atoms with Crippen molar-refractivity contribution in [2.24, 2.45) is 17.3 Å². The number of para-hydroxylation sites is 1. The van der Waals surface area contributed by atoms with Crippen LogP contribution in [0.5, 0.6) is 0 Å². The van der Waals surface area contributed by atoms with Gasteiger partial charge in [0.05, 0.1) is 22.7 Å². The number of piperidine rings is 1. The van der Waals surface area contributed by atoms with Crippen molar-refractivity contribution in [1.82, 2.24) is 20.0 Å². The fourth-order valence-electron chi connectivity index (χ4n) is 6.43. The third kappa shape index (κ3) is 7.47. The fourth-order valence-corrected chi connectivity index (χ4v) is 6.71. The first-order valence-electron chi connectivity index (χ1n) is 15.0. The van der Waals surface area contributed by atoms with Gasteiger partial charge in [0.1, 0.15) is 6.79 Å². The van der Waals surface area contributed by atoms with Crippen molar-refractivity contribution in [3.05, 3.63) is 63.8 Å². The molecular formula is C34H44ClN5O3. The molecular weight excluding hydrogens is 562 g/mol. The van der Waals surface area contributed by atoms with E-state index in [0.717, 1.165) is 40.6 Å². The average molecular weight is 606 g/mol. The summed E-state index contributed by atoms with van der Waals surface area (Å²) in [4.78, 5) is 39.4. The second kappa shape index (κ2) is 13.8. The molecule has 0 radical (unpaired) electrons. The summed E-state index contributed by atoms with van der Waals surface area (Å²) < 4.78 is 0. The summed E-state index contributed by atoms with van der Waals surface area (Å²) in [5.74, 6) is 0.147. The Labute approximate surface area is 259 Å². The van der Waals surface area contributed by atoms with Crippen LogP contribution in [-0.2, 0) is 27.3 Å². The standard InChI is InChI=1S/C33H42ClN5O2.CH2O/c1-21(14-23-8-6-7-9-29(23)35-5)22-10-12-38(13-11-22)30(40)17-25-15-24-16-28(34)31-26(18-36-37-31)27(24)19-39(32(25)41)20-33(2,3)4;1-2/h6-9,14,16,18,22,25,35H,10-13,15,17,19-20H2,1-5H3,(H,36,37);1H2/b21-14+;/t25-;/m0./s1. The largest absolute Gasteiger partial charge is 0.388 e. The molecule has 0 unspecified atom stereocenters. The van der Waals surface area contributed by atoms with Crippen molar-refractivity contribution in [3.63, 3.8) is 0 Å². The number of amides is 2. The summed E-state index contributed by atoms with van der Waals surface area (Å²) >= 11 is 6.60. The molecule has 1 saturated heterocycles. The van der Waals surface area contributed by atoms with E-state index in [9.17, 15) is 9.59 Å². The number of aromatic nitrogens is 2. The van der Waals surface area contributed by atoms with Gasteiger partial charge in [0.15, 0.2) is 0 Å². The van der Waals surface area contributed by atoms with Crippen LogP contribution in [0, 0.1) is 17.3 Å². The molecule has 1 fully saturated rings. The van der Waals surface area contributed by atoms with E-state index in [4.69, 9.17) is 16.4 Å². The van der Waals surface area contributed by atoms with Crippen LogP contribution in [0.25, 0.3) is 17.0 Å². The molecule has 2 aliphatic heterocycles. The molecule has 0 aliphatic carbocycles. The fraction of sp³-hybridized carbons (Fsp3) is 0.471. The Hall–Kier alpha value is -3.65. The highest BCUT2D eigenvalue weighted by Gasteiger charge is 2.35. The number of hydrogen-bond acceptors (Lipinski definition) is 5. The van der Waals surface area contributed by atoms with E-state index >= 15 is 0 Å². The van der Waals surface area contributed by atoms with Crippen LogP contribution in [0.15, 0.2) is 42.1 Å². The summed E-state index contributed by atoms with van der Waals surface area (Å²) in [6, 6.07) is 10.3. The first kappa shape index (κ1) is 32.3. The van der Waals surface area contributed by atoms with Crippen LogP contribution in [0.1, 0.15) is 63.6 Å². The minimum atomic E-state index is -0.413. The first-order valence-corrected chi connectivity index (χ1v) is 15.4. The third-order valence-electron chi connectivity index (χ3n) is 8.56. The number of carbonyl (C=O) groups excluding carboxylic acids is 3. The molecule has 1 atom stereocenters. The molecule has 43 heavy (non-hydrogen) atoms. The molecule has 2 aromatic carbocycles.